The topological polar surface area (TPSA) is 37.8 Å². The van der Waals surface area contributed by atoms with Gasteiger partial charge in [-0.1, -0.05) is 20.8 Å². The lowest BCUT2D eigenvalue weighted by Gasteiger charge is -1.98. The van der Waals surface area contributed by atoms with Crippen molar-refractivity contribution in [3.05, 3.63) is 24.0 Å². The van der Waals surface area contributed by atoms with Crippen LogP contribution in [-0.4, -0.2) is 23.3 Å². The standard InChI is InChI=1S/C8H13N3.C2H6/c1-2-9-7-5-8-4-3-6-10-11-8;1-2/h3-4,6,9H,2,5,7H2,1H3;1-2H3. The van der Waals surface area contributed by atoms with E-state index in [2.05, 4.69) is 22.4 Å². The third-order valence-electron chi connectivity index (χ3n) is 1.44. The van der Waals surface area contributed by atoms with Crippen molar-refractivity contribution in [3.63, 3.8) is 0 Å². The molecule has 0 bridgehead atoms. The highest BCUT2D eigenvalue weighted by Crippen LogP contribution is 1.90. The summed E-state index contributed by atoms with van der Waals surface area (Å²) in [6.07, 6.45) is 2.65. The van der Waals surface area contributed by atoms with Gasteiger partial charge in [0.05, 0.1) is 5.69 Å². The summed E-state index contributed by atoms with van der Waals surface area (Å²) in [4.78, 5) is 0. The predicted octanol–water partition coefficient (Wildman–Crippen LogP) is 1.65. The van der Waals surface area contributed by atoms with Gasteiger partial charge in [0, 0.05) is 19.2 Å². The van der Waals surface area contributed by atoms with Gasteiger partial charge >= 0.3 is 0 Å². The van der Waals surface area contributed by atoms with E-state index in [0.29, 0.717) is 0 Å². The maximum Gasteiger partial charge on any atom is 0.0643 e. The zero-order chi connectivity index (χ0) is 9.94. The van der Waals surface area contributed by atoms with E-state index in [1.807, 2.05) is 26.0 Å². The summed E-state index contributed by atoms with van der Waals surface area (Å²) in [6, 6.07) is 3.90. The molecule has 0 aliphatic carbocycles. The number of likely N-dealkylation sites (N-methyl/N-ethyl adjacent to an activating group) is 1. The summed E-state index contributed by atoms with van der Waals surface area (Å²) in [5.41, 5.74) is 1.05. The largest absolute Gasteiger partial charge is 0.317 e. The van der Waals surface area contributed by atoms with Crippen LogP contribution in [0.5, 0.6) is 0 Å². The van der Waals surface area contributed by atoms with Crippen LogP contribution >= 0.6 is 0 Å². The van der Waals surface area contributed by atoms with Crippen molar-refractivity contribution in [2.24, 2.45) is 0 Å². The minimum absolute atomic E-state index is 0.960. The number of rotatable bonds is 4. The summed E-state index contributed by atoms with van der Waals surface area (Å²) in [5.74, 6) is 0. The number of hydrogen-bond acceptors (Lipinski definition) is 3. The lowest BCUT2D eigenvalue weighted by atomic mass is 10.3. The molecule has 0 saturated heterocycles. The van der Waals surface area contributed by atoms with E-state index >= 15 is 0 Å². The average Bonchev–Trinajstić information content (AvgIpc) is 2.23. The van der Waals surface area contributed by atoms with Crippen LogP contribution in [0.2, 0.25) is 0 Å². The molecular weight excluding hydrogens is 162 g/mol. The first-order chi connectivity index (χ1) is 6.43. The molecule has 0 spiro atoms. The Morgan fingerprint density at radius 1 is 1.38 bits per heavy atom. The van der Waals surface area contributed by atoms with Crippen molar-refractivity contribution < 1.29 is 0 Å². The quantitative estimate of drug-likeness (QED) is 0.718. The lowest BCUT2D eigenvalue weighted by molar-refractivity contribution is 0.701. The van der Waals surface area contributed by atoms with Gasteiger partial charge in [-0.05, 0) is 18.7 Å². The molecule has 0 amide bonds. The van der Waals surface area contributed by atoms with Gasteiger partial charge in [-0.2, -0.15) is 10.2 Å². The van der Waals surface area contributed by atoms with Crippen LogP contribution in [0.3, 0.4) is 0 Å². The second kappa shape index (κ2) is 9.13. The van der Waals surface area contributed by atoms with Gasteiger partial charge in [0.2, 0.25) is 0 Å². The van der Waals surface area contributed by atoms with Crippen LogP contribution in [0, 0.1) is 0 Å². The predicted molar refractivity (Wildman–Crippen MR) is 55.6 cm³/mol. The van der Waals surface area contributed by atoms with Gasteiger partial charge in [0.15, 0.2) is 0 Å². The Morgan fingerprint density at radius 3 is 2.69 bits per heavy atom. The van der Waals surface area contributed by atoms with E-state index in [9.17, 15) is 0 Å². The molecule has 1 aromatic heterocycles. The zero-order valence-electron chi connectivity index (χ0n) is 8.75. The summed E-state index contributed by atoms with van der Waals surface area (Å²) in [6.45, 7) is 8.09. The molecule has 1 rings (SSSR count). The second-order valence-corrected chi connectivity index (χ2v) is 2.32. The molecule has 0 aliphatic heterocycles. The Hall–Kier alpha value is -0.960. The van der Waals surface area contributed by atoms with Crippen molar-refractivity contribution in [2.75, 3.05) is 13.1 Å². The Kier molecular flexibility index (Phi) is 8.46. The second-order valence-electron chi connectivity index (χ2n) is 2.32. The third kappa shape index (κ3) is 6.22. The molecule has 1 N–H and O–H groups in total. The Labute approximate surface area is 80.6 Å². The van der Waals surface area contributed by atoms with E-state index in [-0.39, 0.29) is 0 Å². The van der Waals surface area contributed by atoms with Gasteiger partial charge in [0.1, 0.15) is 0 Å². The fourth-order valence-corrected chi connectivity index (χ4v) is 0.860. The van der Waals surface area contributed by atoms with Crippen LogP contribution < -0.4 is 5.32 Å². The van der Waals surface area contributed by atoms with Crippen molar-refractivity contribution in [2.45, 2.75) is 27.2 Å². The normalized spacial score (nSPS) is 8.85. The average molecular weight is 181 g/mol. The Bertz CT molecular complexity index is 187. The molecule has 0 aromatic carbocycles. The van der Waals surface area contributed by atoms with Crippen LogP contribution in [0.15, 0.2) is 18.3 Å². The number of hydrogen-bond donors (Lipinski definition) is 1. The monoisotopic (exact) mass is 181 g/mol. The molecule has 74 valence electrons. The van der Waals surface area contributed by atoms with Gasteiger partial charge in [-0.25, -0.2) is 0 Å². The maximum atomic E-state index is 3.96. The lowest BCUT2D eigenvalue weighted by Crippen LogP contribution is -2.16. The van der Waals surface area contributed by atoms with Crippen LogP contribution in [0.4, 0.5) is 0 Å². The van der Waals surface area contributed by atoms with Crippen LogP contribution in [0.25, 0.3) is 0 Å². The molecule has 0 atom stereocenters. The summed E-state index contributed by atoms with van der Waals surface area (Å²) < 4.78 is 0. The molecule has 0 unspecified atom stereocenters. The van der Waals surface area contributed by atoms with Crippen molar-refractivity contribution in [1.29, 1.82) is 0 Å². The Morgan fingerprint density at radius 2 is 2.15 bits per heavy atom. The molecule has 0 radical (unpaired) electrons. The summed E-state index contributed by atoms with van der Waals surface area (Å²) in [5, 5.41) is 11.0. The molecular formula is C10H19N3. The molecule has 1 heterocycles. The van der Waals surface area contributed by atoms with Crippen LogP contribution in [-0.2, 0) is 6.42 Å². The fraction of sp³-hybridized carbons (Fsp3) is 0.600. The van der Waals surface area contributed by atoms with Gasteiger partial charge in [-0.15, -0.1) is 0 Å². The van der Waals surface area contributed by atoms with Gasteiger partial charge < -0.3 is 5.32 Å². The number of aromatic nitrogens is 2. The van der Waals surface area contributed by atoms with E-state index in [0.717, 1.165) is 25.2 Å². The Balaban J connectivity index is 0.000000671. The molecule has 0 fully saturated rings. The van der Waals surface area contributed by atoms with E-state index < -0.39 is 0 Å². The third-order valence-corrected chi connectivity index (χ3v) is 1.44. The molecule has 3 heteroatoms. The van der Waals surface area contributed by atoms with E-state index in [1.165, 1.54) is 0 Å². The fourth-order valence-electron chi connectivity index (χ4n) is 0.860. The van der Waals surface area contributed by atoms with E-state index in [1.54, 1.807) is 6.20 Å². The first-order valence-electron chi connectivity index (χ1n) is 4.90. The first kappa shape index (κ1) is 12.0. The van der Waals surface area contributed by atoms with Crippen molar-refractivity contribution >= 4 is 0 Å². The van der Waals surface area contributed by atoms with Crippen LogP contribution in [0.1, 0.15) is 26.5 Å². The highest BCUT2D eigenvalue weighted by Gasteiger charge is 1.90. The smallest absolute Gasteiger partial charge is 0.0643 e. The molecule has 0 saturated carbocycles. The van der Waals surface area contributed by atoms with Crippen molar-refractivity contribution in [1.82, 2.24) is 15.5 Å². The SMILES string of the molecule is CC.CCNCCc1cccnn1. The van der Waals surface area contributed by atoms with Gasteiger partial charge in [-0.3, -0.25) is 0 Å². The molecule has 0 aliphatic rings. The molecule has 1 aromatic rings. The summed E-state index contributed by atoms with van der Waals surface area (Å²) in [7, 11) is 0. The highest BCUT2D eigenvalue weighted by atomic mass is 15.1. The maximum absolute atomic E-state index is 3.96. The minimum Gasteiger partial charge on any atom is -0.317 e. The first-order valence-corrected chi connectivity index (χ1v) is 4.90. The van der Waals surface area contributed by atoms with E-state index in [4.69, 9.17) is 0 Å². The van der Waals surface area contributed by atoms with Crippen molar-refractivity contribution in [3.8, 4) is 0 Å². The zero-order valence-corrected chi connectivity index (χ0v) is 8.75. The number of nitrogens with one attached hydrogen (secondary N) is 1. The number of nitrogens with zero attached hydrogens (tertiary/aromatic N) is 2. The summed E-state index contributed by atoms with van der Waals surface area (Å²) >= 11 is 0. The molecule has 13 heavy (non-hydrogen) atoms. The minimum atomic E-state index is 0.960. The highest BCUT2D eigenvalue weighted by molar-refractivity contribution is 4.99. The molecule has 3 nitrogen and oxygen atoms in total. The van der Waals surface area contributed by atoms with Gasteiger partial charge in [0.25, 0.3) is 0 Å².